The number of methoxy groups -OCH3 is 1. The fraction of sp³-hybridized carbons (Fsp3) is 0.167. The molecule has 2 heterocycles. The van der Waals surface area contributed by atoms with Gasteiger partial charge in [-0.25, -0.2) is 14.6 Å². The summed E-state index contributed by atoms with van der Waals surface area (Å²) >= 11 is 0. The molecule has 2 aromatic carbocycles. The Morgan fingerprint density at radius 2 is 2.03 bits per heavy atom. The quantitative estimate of drug-likeness (QED) is 0.402. The van der Waals surface area contributed by atoms with Crippen LogP contribution in [0.3, 0.4) is 0 Å². The van der Waals surface area contributed by atoms with E-state index in [2.05, 4.69) is 21.9 Å². The number of carbonyl (C=O) groups is 1. The molecule has 0 spiro atoms. The maximum atomic E-state index is 12.5. The number of nitrogens with two attached hydrogens (primary N) is 1. The van der Waals surface area contributed by atoms with Crippen LogP contribution in [-0.2, 0) is 11.2 Å². The standard InChI is InChI=1S/C24H25N7O2/c1-4-21(32)30(16-8-6-5-7-9-16)13-12-18-22-23(24(25)28-15-27-22)31(29-18)17-10-11-20(33-3)19(14-17)26-2/h4-11,14-15,26H,1,12-13H2,2-3H3,(H2,25,27,28). The van der Waals surface area contributed by atoms with Crippen LogP contribution in [0.2, 0.25) is 0 Å². The number of nitrogen functional groups attached to an aromatic ring is 1. The van der Waals surface area contributed by atoms with Crippen molar-refractivity contribution in [3.63, 3.8) is 0 Å². The molecule has 33 heavy (non-hydrogen) atoms. The van der Waals surface area contributed by atoms with Crippen molar-refractivity contribution in [2.24, 2.45) is 0 Å². The van der Waals surface area contributed by atoms with Gasteiger partial charge in [0.15, 0.2) is 5.82 Å². The summed E-state index contributed by atoms with van der Waals surface area (Å²) in [7, 11) is 3.44. The number of benzene rings is 2. The van der Waals surface area contributed by atoms with Gasteiger partial charge in [0.2, 0.25) is 5.91 Å². The van der Waals surface area contributed by atoms with E-state index in [1.165, 1.54) is 12.4 Å². The maximum Gasteiger partial charge on any atom is 0.250 e. The Morgan fingerprint density at radius 1 is 1.24 bits per heavy atom. The van der Waals surface area contributed by atoms with Crippen molar-refractivity contribution in [3.8, 4) is 11.4 Å². The molecule has 4 aromatic rings. The van der Waals surface area contributed by atoms with Gasteiger partial charge in [-0.15, -0.1) is 0 Å². The van der Waals surface area contributed by atoms with Crippen molar-refractivity contribution in [2.45, 2.75) is 6.42 Å². The number of fused-ring (bicyclic) bond motifs is 1. The van der Waals surface area contributed by atoms with Gasteiger partial charge in [0.05, 0.1) is 24.2 Å². The Hall–Kier alpha value is -4.40. The number of ether oxygens (including phenoxy) is 1. The molecule has 0 fully saturated rings. The molecular formula is C24H25N7O2. The van der Waals surface area contributed by atoms with E-state index < -0.39 is 0 Å². The minimum Gasteiger partial charge on any atom is -0.495 e. The summed E-state index contributed by atoms with van der Waals surface area (Å²) in [6.07, 6.45) is 3.19. The van der Waals surface area contributed by atoms with Crippen LogP contribution >= 0.6 is 0 Å². The van der Waals surface area contributed by atoms with Gasteiger partial charge >= 0.3 is 0 Å². The third-order valence-electron chi connectivity index (χ3n) is 5.33. The number of hydrogen-bond acceptors (Lipinski definition) is 7. The predicted molar refractivity (Wildman–Crippen MR) is 130 cm³/mol. The first-order valence-corrected chi connectivity index (χ1v) is 10.4. The molecule has 0 aliphatic carbocycles. The van der Waals surface area contributed by atoms with Gasteiger partial charge in [-0.1, -0.05) is 24.8 Å². The molecule has 4 rings (SSSR count). The van der Waals surface area contributed by atoms with E-state index in [1.807, 2.05) is 55.6 Å². The molecule has 2 aromatic heterocycles. The van der Waals surface area contributed by atoms with Crippen molar-refractivity contribution in [3.05, 3.63) is 73.2 Å². The first-order chi connectivity index (χ1) is 16.1. The minimum absolute atomic E-state index is 0.187. The number of aromatic nitrogens is 4. The lowest BCUT2D eigenvalue weighted by Crippen LogP contribution is -2.31. The molecule has 168 valence electrons. The molecule has 0 atom stereocenters. The molecule has 1 amide bonds. The SMILES string of the molecule is C=CC(=O)N(CCc1nn(-c2ccc(OC)c(NC)c2)c2c(N)ncnc12)c1ccccc1. The van der Waals surface area contributed by atoms with E-state index in [1.54, 1.807) is 16.7 Å². The summed E-state index contributed by atoms with van der Waals surface area (Å²) < 4.78 is 7.12. The van der Waals surface area contributed by atoms with E-state index in [0.29, 0.717) is 41.3 Å². The Morgan fingerprint density at radius 3 is 2.73 bits per heavy atom. The number of rotatable bonds is 8. The molecule has 9 heteroatoms. The topological polar surface area (TPSA) is 111 Å². The summed E-state index contributed by atoms with van der Waals surface area (Å²) in [4.78, 5) is 22.8. The van der Waals surface area contributed by atoms with Crippen LogP contribution in [-0.4, -0.2) is 46.4 Å². The van der Waals surface area contributed by atoms with Crippen LogP contribution in [0.1, 0.15) is 5.69 Å². The zero-order valence-electron chi connectivity index (χ0n) is 18.5. The lowest BCUT2D eigenvalue weighted by Gasteiger charge is -2.20. The van der Waals surface area contributed by atoms with E-state index in [4.69, 9.17) is 15.6 Å². The van der Waals surface area contributed by atoms with Crippen molar-refractivity contribution >= 4 is 34.1 Å². The second-order valence-electron chi connectivity index (χ2n) is 7.23. The zero-order chi connectivity index (χ0) is 23.4. The molecule has 0 unspecified atom stereocenters. The van der Waals surface area contributed by atoms with Crippen molar-refractivity contribution in [1.82, 2.24) is 19.7 Å². The minimum atomic E-state index is -0.187. The largest absolute Gasteiger partial charge is 0.495 e. The van der Waals surface area contributed by atoms with E-state index in [-0.39, 0.29) is 5.91 Å². The van der Waals surface area contributed by atoms with Crippen LogP contribution in [0, 0.1) is 0 Å². The second kappa shape index (κ2) is 9.39. The second-order valence-corrected chi connectivity index (χ2v) is 7.23. The number of anilines is 3. The van der Waals surface area contributed by atoms with Gasteiger partial charge in [0.25, 0.3) is 0 Å². The summed E-state index contributed by atoms with van der Waals surface area (Å²) in [5, 5.41) is 7.93. The van der Waals surface area contributed by atoms with Gasteiger partial charge in [0.1, 0.15) is 23.1 Å². The molecule has 0 saturated carbocycles. The normalized spacial score (nSPS) is 10.7. The van der Waals surface area contributed by atoms with Gasteiger partial charge < -0.3 is 20.7 Å². The van der Waals surface area contributed by atoms with Crippen LogP contribution in [0.4, 0.5) is 17.2 Å². The number of carbonyl (C=O) groups excluding carboxylic acids is 1. The van der Waals surface area contributed by atoms with E-state index in [0.717, 1.165) is 17.1 Å². The van der Waals surface area contributed by atoms with Crippen molar-refractivity contribution in [2.75, 3.05) is 36.7 Å². The zero-order valence-corrected chi connectivity index (χ0v) is 18.5. The number of amides is 1. The third-order valence-corrected chi connectivity index (χ3v) is 5.33. The highest BCUT2D eigenvalue weighted by Crippen LogP contribution is 2.30. The Balaban J connectivity index is 1.75. The lowest BCUT2D eigenvalue weighted by molar-refractivity contribution is -0.114. The first kappa shape index (κ1) is 21.8. The van der Waals surface area contributed by atoms with Crippen LogP contribution < -0.4 is 20.7 Å². The summed E-state index contributed by atoms with van der Waals surface area (Å²) in [6, 6.07) is 15.1. The number of hydrogen-bond donors (Lipinski definition) is 2. The average molecular weight is 444 g/mol. The first-order valence-electron chi connectivity index (χ1n) is 10.4. The molecule has 3 N–H and O–H groups in total. The average Bonchev–Trinajstić information content (AvgIpc) is 3.24. The van der Waals surface area contributed by atoms with Crippen LogP contribution in [0.5, 0.6) is 5.75 Å². The predicted octanol–water partition coefficient (Wildman–Crippen LogP) is 3.21. The molecule has 0 bridgehead atoms. The van der Waals surface area contributed by atoms with E-state index >= 15 is 0 Å². The van der Waals surface area contributed by atoms with Crippen molar-refractivity contribution in [1.29, 1.82) is 0 Å². The molecular weight excluding hydrogens is 418 g/mol. The molecule has 9 nitrogen and oxygen atoms in total. The number of nitrogens with one attached hydrogen (secondary N) is 1. The fourth-order valence-corrected chi connectivity index (χ4v) is 3.71. The highest BCUT2D eigenvalue weighted by Gasteiger charge is 2.20. The summed E-state index contributed by atoms with van der Waals surface area (Å²) in [6.45, 7) is 4.03. The molecule has 0 aliphatic rings. The fourth-order valence-electron chi connectivity index (χ4n) is 3.71. The van der Waals surface area contributed by atoms with Crippen LogP contribution in [0.25, 0.3) is 16.7 Å². The maximum absolute atomic E-state index is 12.5. The monoisotopic (exact) mass is 443 g/mol. The van der Waals surface area contributed by atoms with Crippen LogP contribution in [0.15, 0.2) is 67.5 Å². The number of para-hydroxylation sites is 1. The summed E-state index contributed by atoms with van der Waals surface area (Å²) in [5.74, 6) is 0.846. The Bertz CT molecular complexity index is 1300. The van der Waals surface area contributed by atoms with Crippen molar-refractivity contribution < 1.29 is 9.53 Å². The van der Waals surface area contributed by atoms with Gasteiger partial charge in [0, 0.05) is 25.7 Å². The lowest BCUT2D eigenvalue weighted by atomic mass is 10.2. The van der Waals surface area contributed by atoms with Gasteiger partial charge in [-0.2, -0.15) is 5.10 Å². The molecule has 0 aliphatic heterocycles. The number of nitrogens with zero attached hydrogens (tertiary/aromatic N) is 5. The van der Waals surface area contributed by atoms with Gasteiger partial charge in [-0.3, -0.25) is 4.79 Å². The molecule has 0 saturated heterocycles. The highest BCUT2D eigenvalue weighted by molar-refractivity contribution is 6.01. The summed E-state index contributed by atoms with van der Waals surface area (Å²) in [5.41, 5.74) is 10.6. The molecule has 0 radical (unpaired) electrons. The van der Waals surface area contributed by atoms with E-state index in [9.17, 15) is 4.79 Å². The highest BCUT2D eigenvalue weighted by atomic mass is 16.5. The Kier molecular flexibility index (Phi) is 6.21. The third kappa shape index (κ3) is 4.20. The van der Waals surface area contributed by atoms with Gasteiger partial charge in [-0.05, 0) is 36.4 Å². The Labute approximate surface area is 191 Å². The smallest absolute Gasteiger partial charge is 0.250 e.